The second-order valence-corrected chi connectivity index (χ2v) is 6.87. The third kappa shape index (κ3) is 6.91. The summed E-state index contributed by atoms with van der Waals surface area (Å²) < 4.78 is 0. The number of rotatable bonds is 4. The number of anilines is 2. The number of carbonyl (C=O) groups is 1. The molecule has 1 amide bonds. The first-order valence-corrected chi connectivity index (χ1v) is 9.77. The molecular weight excluding hydrogens is 366 g/mol. The van der Waals surface area contributed by atoms with Crippen molar-refractivity contribution in [2.24, 2.45) is 0 Å². The van der Waals surface area contributed by atoms with E-state index in [1.807, 2.05) is 24.3 Å². The number of pyridine rings is 1. The van der Waals surface area contributed by atoms with Gasteiger partial charge in [-0.1, -0.05) is 25.3 Å². The molecule has 0 unspecified atom stereocenters. The third-order valence-corrected chi connectivity index (χ3v) is 4.64. The average Bonchev–Trinajstić information content (AvgIpc) is 2.77. The van der Waals surface area contributed by atoms with E-state index in [0.717, 1.165) is 11.4 Å². The molecule has 8 nitrogen and oxygen atoms in total. The summed E-state index contributed by atoms with van der Waals surface area (Å²) in [6, 6.07) is 12.7. The van der Waals surface area contributed by atoms with Gasteiger partial charge in [-0.25, -0.2) is 0 Å². The molecule has 3 heterocycles. The molecule has 150 valence electrons. The minimum atomic E-state index is -0.154. The zero-order chi connectivity index (χ0) is 20.3. The lowest BCUT2D eigenvalue weighted by atomic mass is 9.87. The Hall–Kier alpha value is -3.42. The van der Waals surface area contributed by atoms with Gasteiger partial charge in [-0.2, -0.15) is 10.2 Å². The smallest absolute Gasteiger partial charge is 0.231 e. The zero-order valence-corrected chi connectivity index (χ0v) is 16.2. The Labute approximate surface area is 170 Å². The Morgan fingerprint density at radius 3 is 2.48 bits per heavy atom. The highest BCUT2D eigenvalue weighted by atomic mass is 16.1. The van der Waals surface area contributed by atoms with Gasteiger partial charge >= 0.3 is 0 Å². The molecule has 1 aliphatic carbocycles. The summed E-state index contributed by atoms with van der Waals surface area (Å²) in [6.07, 6.45) is 10.0. The van der Waals surface area contributed by atoms with Crippen LogP contribution in [-0.4, -0.2) is 31.3 Å². The van der Waals surface area contributed by atoms with Crippen LogP contribution in [0.4, 0.5) is 11.6 Å². The van der Waals surface area contributed by atoms with E-state index in [2.05, 4.69) is 30.7 Å². The molecule has 0 radical (unpaired) electrons. The maximum atomic E-state index is 11.6. The van der Waals surface area contributed by atoms with E-state index in [9.17, 15) is 4.79 Å². The molecule has 1 aliphatic rings. The lowest BCUT2D eigenvalue weighted by Crippen LogP contribution is -2.16. The number of nitrogens with one attached hydrogen (secondary N) is 1. The molecule has 29 heavy (non-hydrogen) atoms. The topological polar surface area (TPSA) is 120 Å². The number of nitrogen functional groups attached to an aromatic ring is 1. The van der Waals surface area contributed by atoms with Crippen molar-refractivity contribution < 1.29 is 4.79 Å². The number of nitrogens with two attached hydrogens (primary N) is 1. The van der Waals surface area contributed by atoms with Crippen LogP contribution in [0.1, 0.15) is 49.4 Å². The van der Waals surface area contributed by atoms with Gasteiger partial charge in [-0.05, 0) is 49.2 Å². The highest BCUT2D eigenvalue weighted by Gasteiger charge is 2.16. The van der Waals surface area contributed by atoms with Crippen molar-refractivity contribution in [3.63, 3.8) is 0 Å². The van der Waals surface area contributed by atoms with Crippen LogP contribution < -0.4 is 11.1 Å². The summed E-state index contributed by atoms with van der Waals surface area (Å²) >= 11 is 0. The first-order chi connectivity index (χ1) is 14.2. The Morgan fingerprint density at radius 1 is 0.966 bits per heavy atom. The molecule has 3 N–H and O–H groups in total. The molecule has 0 bridgehead atoms. The van der Waals surface area contributed by atoms with Crippen LogP contribution in [0.25, 0.3) is 0 Å². The standard InChI is InChI=1S/C11H10N4O.C10H15N3/c16-11(8-9-4-1-2-6-12-9)14-10-5-3-7-13-15-10;11-10-7-6-9(12-13-10)8-4-2-1-3-5-8/h1-7H,8H2,(H,14,15,16);6-8H,1-5H2,(H2,11,13). The summed E-state index contributed by atoms with van der Waals surface area (Å²) in [5.41, 5.74) is 7.33. The van der Waals surface area contributed by atoms with Crippen LogP contribution in [0.5, 0.6) is 0 Å². The lowest BCUT2D eigenvalue weighted by molar-refractivity contribution is -0.115. The molecule has 0 aromatic carbocycles. The molecule has 1 saturated carbocycles. The lowest BCUT2D eigenvalue weighted by Gasteiger charge is -2.20. The van der Waals surface area contributed by atoms with Gasteiger partial charge < -0.3 is 11.1 Å². The number of hydrogen-bond donors (Lipinski definition) is 2. The van der Waals surface area contributed by atoms with Crippen molar-refractivity contribution in [1.82, 2.24) is 25.4 Å². The normalized spacial score (nSPS) is 13.8. The van der Waals surface area contributed by atoms with E-state index in [1.165, 1.54) is 32.1 Å². The summed E-state index contributed by atoms with van der Waals surface area (Å²) in [5.74, 6) is 1.43. The molecule has 0 atom stereocenters. The maximum Gasteiger partial charge on any atom is 0.231 e. The Balaban J connectivity index is 0.000000169. The van der Waals surface area contributed by atoms with Crippen LogP contribution in [0.3, 0.4) is 0 Å². The van der Waals surface area contributed by atoms with Crippen LogP contribution in [0.2, 0.25) is 0 Å². The summed E-state index contributed by atoms with van der Waals surface area (Å²) in [4.78, 5) is 15.6. The molecule has 3 aromatic heterocycles. The fraction of sp³-hybridized carbons (Fsp3) is 0.333. The molecule has 1 fully saturated rings. The highest BCUT2D eigenvalue weighted by molar-refractivity contribution is 5.90. The van der Waals surface area contributed by atoms with Gasteiger partial charge in [0, 0.05) is 24.0 Å². The monoisotopic (exact) mass is 391 g/mol. The number of nitrogens with zero attached hydrogens (tertiary/aromatic N) is 5. The average molecular weight is 391 g/mol. The van der Waals surface area contributed by atoms with Crippen molar-refractivity contribution in [2.75, 3.05) is 11.1 Å². The summed E-state index contributed by atoms with van der Waals surface area (Å²) in [5, 5.41) is 18.1. The minimum Gasteiger partial charge on any atom is -0.382 e. The number of aromatic nitrogens is 5. The van der Waals surface area contributed by atoms with Gasteiger partial charge in [0.1, 0.15) is 5.82 Å². The van der Waals surface area contributed by atoms with Gasteiger partial charge in [0.2, 0.25) is 5.91 Å². The van der Waals surface area contributed by atoms with Crippen molar-refractivity contribution in [1.29, 1.82) is 0 Å². The van der Waals surface area contributed by atoms with Crippen molar-refractivity contribution in [3.8, 4) is 0 Å². The van der Waals surface area contributed by atoms with E-state index in [4.69, 9.17) is 5.73 Å². The van der Waals surface area contributed by atoms with E-state index < -0.39 is 0 Å². The van der Waals surface area contributed by atoms with Gasteiger partial charge in [-0.15, -0.1) is 10.2 Å². The molecule has 0 saturated heterocycles. The van der Waals surface area contributed by atoms with Gasteiger partial charge in [-0.3, -0.25) is 9.78 Å². The second-order valence-electron chi connectivity index (χ2n) is 6.87. The fourth-order valence-corrected chi connectivity index (χ4v) is 3.19. The number of amides is 1. The Morgan fingerprint density at radius 2 is 1.83 bits per heavy atom. The largest absolute Gasteiger partial charge is 0.382 e. The number of carbonyl (C=O) groups excluding carboxylic acids is 1. The zero-order valence-electron chi connectivity index (χ0n) is 16.2. The predicted molar refractivity (Wildman–Crippen MR) is 111 cm³/mol. The fourth-order valence-electron chi connectivity index (χ4n) is 3.19. The van der Waals surface area contributed by atoms with Gasteiger partial charge in [0.15, 0.2) is 5.82 Å². The highest BCUT2D eigenvalue weighted by Crippen LogP contribution is 2.31. The van der Waals surface area contributed by atoms with Crippen LogP contribution in [-0.2, 0) is 11.2 Å². The quantitative estimate of drug-likeness (QED) is 0.701. The predicted octanol–water partition coefficient (Wildman–Crippen LogP) is 3.16. The molecule has 0 spiro atoms. The second kappa shape index (κ2) is 10.8. The van der Waals surface area contributed by atoms with Crippen molar-refractivity contribution in [3.05, 3.63) is 66.2 Å². The molecule has 4 rings (SSSR count). The van der Waals surface area contributed by atoms with Gasteiger partial charge in [0.05, 0.1) is 12.1 Å². The maximum absolute atomic E-state index is 11.6. The van der Waals surface area contributed by atoms with Crippen molar-refractivity contribution in [2.45, 2.75) is 44.4 Å². The Kier molecular flexibility index (Phi) is 7.56. The molecule has 8 heteroatoms. The SMILES string of the molecule is Nc1ccc(C2CCCCC2)nn1.O=C(Cc1ccccn1)Nc1cccnn1. The van der Waals surface area contributed by atoms with E-state index in [0.29, 0.717) is 17.6 Å². The van der Waals surface area contributed by atoms with E-state index >= 15 is 0 Å². The molecule has 3 aromatic rings. The summed E-state index contributed by atoms with van der Waals surface area (Å²) in [7, 11) is 0. The van der Waals surface area contributed by atoms with E-state index in [-0.39, 0.29) is 12.3 Å². The summed E-state index contributed by atoms with van der Waals surface area (Å²) in [6.45, 7) is 0. The first-order valence-electron chi connectivity index (χ1n) is 9.77. The van der Waals surface area contributed by atoms with Crippen LogP contribution in [0.15, 0.2) is 54.9 Å². The van der Waals surface area contributed by atoms with Gasteiger partial charge in [0.25, 0.3) is 0 Å². The number of hydrogen-bond acceptors (Lipinski definition) is 7. The van der Waals surface area contributed by atoms with Crippen LogP contribution in [0, 0.1) is 0 Å². The minimum absolute atomic E-state index is 0.154. The van der Waals surface area contributed by atoms with E-state index in [1.54, 1.807) is 30.6 Å². The van der Waals surface area contributed by atoms with Crippen LogP contribution >= 0.6 is 0 Å². The van der Waals surface area contributed by atoms with Crippen molar-refractivity contribution >= 4 is 17.5 Å². The molecular formula is C21H25N7O. The third-order valence-electron chi connectivity index (χ3n) is 4.64. The molecule has 0 aliphatic heterocycles. The first kappa shape index (κ1) is 20.3. The Bertz CT molecular complexity index is 823.